The summed E-state index contributed by atoms with van der Waals surface area (Å²) in [5, 5.41) is 0. The van der Waals surface area contributed by atoms with Gasteiger partial charge in [0.2, 0.25) is 0 Å². The van der Waals surface area contributed by atoms with E-state index in [4.69, 9.17) is 9.29 Å². The van der Waals surface area contributed by atoms with Crippen molar-refractivity contribution >= 4 is 64.8 Å². The van der Waals surface area contributed by atoms with Gasteiger partial charge in [0.05, 0.1) is 11.3 Å². The zero-order chi connectivity index (χ0) is 13.8. The number of ether oxygens (including phenoxy) is 1. The topological polar surface area (TPSA) is 63.6 Å². The van der Waals surface area contributed by atoms with Gasteiger partial charge in [-0.05, 0) is 17.7 Å². The molecular weight excluding hydrogens is 456 g/mol. The SMILES string of the molecule is O=C(OCCS(=O)O)c1ccc(C(Br)(Br)Br)cc1. The summed E-state index contributed by atoms with van der Waals surface area (Å²) < 4.78 is 23.2. The Hall–Kier alpha value is 0.240. The number of hydrogen-bond acceptors (Lipinski definition) is 3. The molecule has 100 valence electrons. The Bertz CT molecular complexity index is 441. The van der Waals surface area contributed by atoms with Crippen LogP contribution >= 0.6 is 47.8 Å². The highest BCUT2D eigenvalue weighted by molar-refractivity contribution is 9.38. The van der Waals surface area contributed by atoms with Crippen molar-refractivity contribution < 1.29 is 18.3 Å². The Morgan fingerprint density at radius 3 is 2.28 bits per heavy atom. The maximum absolute atomic E-state index is 11.5. The normalized spacial score (nSPS) is 13.1. The van der Waals surface area contributed by atoms with Gasteiger partial charge in [0.1, 0.15) is 6.61 Å². The summed E-state index contributed by atoms with van der Waals surface area (Å²) in [7, 11) is 0. The quantitative estimate of drug-likeness (QED) is 0.421. The van der Waals surface area contributed by atoms with Crippen LogP contribution in [0.3, 0.4) is 0 Å². The summed E-state index contributed by atoms with van der Waals surface area (Å²) in [5.74, 6) is -0.603. The first kappa shape index (κ1) is 16.3. The van der Waals surface area contributed by atoms with Gasteiger partial charge in [0.25, 0.3) is 0 Å². The third kappa shape index (κ3) is 5.48. The van der Waals surface area contributed by atoms with Gasteiger partial charge in [0, 0.05) is 0 Å². The van der Waals surface area contributed by atoms with Crippen molar-refractivity contribution in [3.63, 3.8) is 0 Å². The minimum Gasteiger partial charge on any atom is -0.461 e. The van der Waals surface area contributed by atoms with Crippen molar-refractivity contribution in [1.29, 1.82) is 0 Å². The van der Waals surface area contributed by atoms with Crippen molar-refractivity contribution in [1.82, 2.24) is 0 Å². The Morgan fingerprint density at radius 1 is 1.28 bits per heavy atom. The minimum absolute atomic E-state index is 0.0804. The summed E-state index contributed by atoms with van der Waals surface area (Å²) in [6.45, 7) is -0.0804. The smallest absolute Gasteiger partial charge is 0.338 e. The molecule has 0 aliphatic carbocycles. The molecule has 0 aliphatic rings. The predicted octanol–water partition coefficient (Wildman–Crippen LogP) is 3.36. The predicted molar refractivity (Wildman–Crippen MR) is 80.8 cm³/mol. The molecule has 1 unspecified atom stereocenters. The van der Waals surface area contributed by atoms with Gasteiger partial charge in [-0.2, -0.15) is 0 Å². The van der Waals surface area contributed by atoms with E-state index in [9.17, 15) is 9.00 Å². The Morgan fingerprint density at radius 2 is 1.83 bits per heavy atom. The summed E-state index contributed by atoms with van der Waals surface area (Å²) in [4.78, 5) is 11.5. The lowest BCUT2D eigenvalue weighted by atomic mass is 10.1. The van der Waals surface area contributed by atoms with E-state index in [1.807, 2.05) is 0 Å². The highest BCUT2D eigenvalue weighted by Crippen LogP contribution is 2.44. The van der Waals surface area contributed by atoms with Gasteiger partial charge in [-0.3, -0.25) is 0 Å². The van der Waals surface area contributed by atoms with E-state index in [1.54, 1.807) is 24.3 Å². The third-order valence-electron chi connectivity index (χ3n) is 1.94. The number of alkyl halides is 3. The molecule has 8 heteroatoms. The van der Waals surface area contributed by atoms with Crippen LogP contribution in [-0.4, -0.2) is 27.1 Å². The van der Waals surface area contributed by atoms with Gasteiger partial charge in [0.15, 0.2) is 13.2 Å². The van der Waals surface area contributed by atoms with Crippen molar-refractivity contribution in [2.24, 2.45) is 0 Å². The monoisotopic (exact) mass is 462 g/mol. The highest BCUT2D eigenvalue weighted by Gasteiger charge is 2.20. The summed E-state index contributed by atoms with van der Waals surface area (Å²) in [5.41, 5.74) is 1.27. The second kappa shape index (κ2) is 7.14. The lowest BCUT2D eigenvalue weighted by Gasteiger charge is -2.12. The van der Waals surface area contributed by atoms with Gasteiger partial charge >= 0.3 is 5.97 Å². The average molecular weight is 465 g/mol. The van der Waals surface area contributed by atoms with Gasteiger partial charge in [-0.1, -0.05) is 59.9 Å². The third-order valence-corrected chi connectivity index (χ3v) is 3.83. The van der Waals surface area contributed by atoms with Crippen LogP contribution in [0.15, 0.2) is 24.3 Å². The lowest BCUT2D eigenvalue weighted by molar-refractivity contribution is 0.0529. The van der Waals surface area contributed by atoms with E-state index >= 15 is 0 Å². The second-order valence-corrected chi connectivity index (χ2v) is 11.0. The Kier molecular flexibility index (Phi) is 6.46. The molecule has 0 fully saturated rings. The molecule has 0 aliphatic heterocycles. The summed E-state index contributed by atoms with van der Waals surface area (Å²) in [6, 6.07) is 6.73. The molecule has 0 spiro atoms. The van der Waals surface area contributed by atoms with Crippen molar-refractivity contribution in [3.05, 3.63) is 35.4 Å². The van der Waals surface area contributed by atoms with Crippen LogP contribution in [-0.2, 0) is 18.0 Å². The highest BCUT2D eigenvalue weighted by atomic mass is 80.0. The molecule has 0 saturated heterocycles. The first-order valence-corrected chi connectivity index (χ1v) is 8.38. The molecule has 0 saturated carbocycles. The first-order valence-electron chi connectivity index (χ1n) is 4.72. The molecule has 0 amide bonds. The van der Waals surface area contributed by atoms with Crippen LogP contribution in [0.5, 0.6) is 0 Å². The molecule has 18 heavy (non-hydrogen) atoms. The van der Waals surface area contributed by atoms with E-state index in [2.05, 4.69) is 47.8 Å². The van der Waals surface area contributed by atoms with Crippen molar-refractivity contribution in [2.45, 2.75) is 2.14 Å². The zero-order valence-electron chi connectivity index (χ0n) is 8.94. The number of esters is 1. The molecule has 0 heterocycles. The fraction of sp³-hybridized carbons (Fsp3) is 0.300. The maximum atomic E-state index is 11.5. The van der Waals surface area contributed by atoms with Crippen LogP contribution in [0.4, 0.5) is 0 Å². The molecule has 1 aromatic carbocycles. The molecule has 1 aromatic rings. The lowest BCUT2D eigenvalue weighted by Crippen LogP contribution is -2.11. The number of halogens is 3. The first-order chi connectivity index (χ1) is 8.30. The summed E-state index contributed by atoms with van der Waals surface area (Å²) >= 11 is 8.14. The van der Waals surface area contributed by atoms with Crippen molar-refractivity contribution in [3.8, 4) is 0 Å². The number of benzene rings is 1. The molecule has 0 bridgehead atoms. The van der Waals surface area contributed by atoms with E-state index < -0.39 is 19.2 Å². The largest absolute Gasteiger partial charge is 0.461 e. The molecule has 4 nitrogen and oxygen atoms in total. The fourth-order valence-corrected chi connectivity index (χ4v) is 2.10. The van der Waals surface area contributed by atoms with Crippen LogP contribution in [0.2, 0.25) is 0 Å². The number of carbonyl (C=O) groups is 1. The van der Waals surface area contributed by atoms with E-state index in [0.717, 1.165) is 5.56 Å². The number of rotatable bonds is 4. The van der Waals surface area contributed by atoms with Crippen molar-refractivity contribution in [2.75, 3.05) is 12.4 Å². The van der Waals surface area contributed by atoms with Crippen LogP contribution in [0.25, 0.3) is 0 Å². The Labute approximate surface area is 132 Å². The van der Waals surface area contributed by atoms with E-state index in [0.29, 0.717) is 5.56 Å². The van der Waals surface area contributed by atoms with Gasteiger partial charge < -0.3 is 9.29 Å². The second-order valence-electron chi connectivity index (χ2n) is 3.24. The van der Waals surface area contributed by atoms with E-state index in [-0.39, 0.29) is 12.4 Å². The summed E-state index contributed by atoms with van der Waals surface area (Å²) in [6.07, 6.45) is 0. The van der Waals surface area contributed by atoms with E-state index in [1.165, 1.54) is 0 Å². The fourth-order valence-electron chi connectivity index (χ4n) is 1.08. The Balaban J connectivity index is 2.62. The maximum Gasteiger partial charge on any atom is 0.338 e. The van der Waals surface area contributed by atoms with Gasteiger partial charge in [-0.15, -0.1) is 0 Å². The standard InChI is InChI=1S/C10H9Br3O4S/c11-10(12,13)8-3-1-7(2-4-8)9(14)17-5-6-18(15)16/h1-4H,5-6H2,(H,15,16). The number of hydrogen-bond donors (Lipinski definition) is 1. The molecule has 0 aromatic heterocycles. The van der Waals surface area contributed by atoms with Gasteiger partial charge in [-0.25, -0.2) is 9.00 Å². The molecule has 0 radical (unpaired) electrons. The molecular formula is C10H9Br3O4S. The van der Waals surface area contributed by atoms with Crippen LogP contribution in [0, 0.1) is 0 Å². The van der Waals surface area contributed by atoms with Crippen LogP contribution in [0.1, 0.15) is 15.9 Å². The molecule has 1 rings (SSSR count). The zero-order valence-corrected chi connectivity index (χ0v) is 14.5. The molecule has 1 N–H and O–H groups in total. The molecule has 1 atom stereocenters. The van der Waals surface area contributed by atoms with Crippen LogP contribution < -0.4 is 0 Å². The average Bonchev–Trinajstić information content (AvgIpc) is 2.27. The number of carbonyl (C=O) groups excluding carboxylic acids is 1. The minimum atomic E-state index is -1.95.